The van der Waals surface area contributed by atoms with Crippen molar-refractivity contribution in [3.63, 3.8) is 0 Å². The van der Waals surface area contributed by atoms with Crippen molar-refractivity contribution in [3.05, 3.63) is 53.1 Å². The van der Waals surface area contributed by atoms with Crippen molar-refractivity contribution in [2.45, 2.75) is 6.54 Å². The molecule has 2 rings (SSSR count). The van der Waals surface area contributed by atoms with Gasteiger partial charge in [-0.3, -0.25) is 9.89 Å². The minimum absolute atomic E-state index is 0.00943. The molecule has 0 aliphatic carbocycles. The zero-order valence-corrected chi connectivity index (χ0v) is 11.6. The lowest BCUT2D eigenvalue weighted by atomic mass is 10.1. The van der Waals surface area contributed by atoms with Crippen LogP contribution < -0.4 is 5.73 Å². The minimum Gasteiger partial charge on any atom is -0.337 e. The van der Waals surface area contributed by atoms with Gasteiger partial charge < -0.3 is 10.6 Å². The molecule has 0 radical (unpaired) electrons. The fourth-order valence-electron chi connectivity index (χ4n) is 1.84. The smallest absolute Gasteiger partial charge is 0.256 e. The predicted octanol–water partition coefficient (Wildman–Crippen LogP) is 1.13. The van der Waals surface area contributed by atoms with Gasteiger partial charge in [-0.25, -0.2) is 4.39 Å². The summed E-state index contributed by atoms with van der Waals surface area (Å²) in [6.07, 6.45) is 3.30. The molecule has 1 amide bonds. The molecule has 0 fully saturated rings. The Labute approximate surface area is 122 Å². The Morgan fingerprint density at radius 2 is 2.33 bits per heavy atom. The van der Waals surface area contributed by atoms with Gasteiger partial charge in [-0.05, 0) is 18.2 Å². The van der Waals surface area contributed by atoms with E-state index in [0.29, 0.717) is 12.1 Å². The summed E-state index contributed by atoms with van der Waals surface area (Å²) in [5.74, 6) is 4.47. The lowest BCUT2D eigenvalue weighted by Gasteiger charge is -2.16. The number of nitrogens with zero attached hydrogens (tertiary/aromatic N) is 2. The average Bonchev–Trinajstić information content (AvgIpc) is 2.98. The van der Waals surface area contributed by atoms with Crippen LogP contribution in [0.3, 0.4) is 0 Å². The third kappa shape index (κ3) is 3.68. The fraction of sp³-hybridized carbons (Fsp3) is 0.200. The first-order valence-corrected chi connectivity index (χ1v) is 6.33. The van der Waals surface area contributed by atoms with Gasteiger partial charge in [0.15, 0.2) is 0 Å². The summed E-state index contributed by atoms with van der Waals surface area (Å²) in [5, 5.41) is 6.47. The van der Waals surface area contributed by atoms with Crippen LogP contribution in [0.5, 0.6) is 0 Å². The first-order chi connectivity index (χ1) is 10.1. The number of carbonyl (C=O) groups is 1. The van der Waals surface area contributed by atoms with Crippen molar-refractivity contribution in [1.82, 2.24) is 15.1 Å². The summed E-state index contributed by atoms with van der Waals surface area (Å²) >= 11 is 0. The lowest BCUT2D eigenvalue weighted by molar-refractivity contribution is 0.0780. The highest BCUT2D eigenvalue weighted by Crippen LogP contribution is 2.13. The molecule has 0 atom stereocenters. The third-order valence-electron chi connectivity index (χ3n) is 2.85. The quantitative estimate of drug-likeness (QED) is 0.831. The summed E-state index contributed by atoms with van der Waals surface area (Å²) < 4.78 is 13.8. The molecular weight excluding hydrogens is 271 g/mol. The molecule has 2 aromatic rings. The highest BCUT2D eigenvalue weighted by Gasteiger charge is 2.17. The monoisotopic (exact) mass is 286 g/mol. The Morgan fingerprint density at radius 3 is 3.00 bits per heavy atom. The molecule has 0 spiro atoms. The van der Waals surface area contributed by atoms with Crippen LogP contribution in [0.25, 0.3) is 0 Å². The maximum absolute atomic E-state index is 13.8. The number of amides is 1. The van der Waals surface area contributed by atoms with E-state index >= 15 is 0 Å². The van der Waals surface area contributed by atoms with Crippen LogP contribution in [0.15, 0.2) is 30.6 Å². The summed E-state index contributed by atoms with van der Waals surface area (Å²) in [4.78, 5) is 13.7. The predicted molar refractivity (Wildman–Crippen MR) is 76.7 cm³/mol. The molecule has 21 heavy (non-hydrogen) atoms. The number of H-pyrrole nitrogens is 1. The number of rotatable bonds is 3. The maximum atomic E-state index is 13.8. The topological polar surface area (TPSA) is 75.0 Å². The minimum atomic E-state index is -0.572. The normalized spacial score (nSPS) is 9.86. The number of benzene rings is 1. The zero-order chi connectivity index (χ0) is 15.2. The number of aromatic nitrogens is 2. The lowest BCUT2D eigenvalue weighted by Crippen LogP contribution is -2.27. The van der Waals surface area contributed by atoms with E-state index in [2.05, 4.69) is 22.0 Å². The van der Waals surface area contributed by atoms with Gasteiger partial charge in [0, 0.05) is 30.9 Å². The molecule has 3 N–H and O–H groups in total. The molecule has 0 aliphatic rings. The number of halogens is 1. The van der Waals surface area contributed by atoms with E-state index in [0.717, 1.165) is 5.56 Å². The van der Waals surface area contributed by atoms with Gasteiger partial charge in [-0.2, -0.15) is 5.10 Å². The van der Waals surface area contributed by atoms with Crippen molar-refractivity contribution < 1.29 is 9.18 Å². The summed E-state index contributed by atoms with van der Waals surface area (Å²) in [6, 6.07) is 4.19. The highest BCUT2D eigenvalue weighted by molar-refractivity contribution is 5.94. The molecule has 0 saturated carbocycles. The van der Waals surface area contributed by atoms with E-state index in [1.165, 1.54) is 23.1 Å². The van der Waals surface area contributed by atoms with E-state index in [4.69, 9.17) is 5.73 Å². The van der Waals surface area contributed by atoms with Crippen LogP contribution in [-0.4, -0.2) is 34.6 Å². The molecule has 0 unspecified atom stereocenters. The van der Waals surface area contributed by atoms with Gasteiger partial charge >= 0.3 is 0 Å². The van der Waals surface area contributed by atoms with Crippen LogP contribution >= 0.6 is 0 Å². The summed E-state index contributed by atoms with van der Waals surface area (Å²) in [5.41, 5.74) is 6.68. The fourth-order valence-corrected chi connectivity index (χ4v) is 1.84. The highest BCUT2D eigenvalue weighted by atomic mass is 19.1. The van der Waals surface area contributed by atoms with Crippen molar-refractivity contribution in [2.75, 3.05) is 13.6 Å². The van der Waals surface area contributed by atoms with Gasteiger partial charge in [0.25, 0.3) is 5.91 Å². The van der Waals surface area contributed by atoms with Crippen molar-refractivity contribution in [3.8, 4) is 11.8 Å². The van der Waals surface area contributed by atoms with E-state index in [1.807, 2.05) is 0 Å². The van der Waals surface area contributed by atoms with Gasteiger partial charge in [0.1, 0.15) is 5.82 Å². The van der Waals surface area contributed by atoms with E-state index < -0.39 is 11.7 Å². The first kappa shape index (κ1) is 14.8. The molecular formula is C15H15FN4O. The van der Waals surface area contributed by atoms with Crippen LogP contribution in [0.1, 0.15) is 21.5 Å². The summed E-state index contributed by atoms with van der Waals surface area (Å²) in [6.45, 7) is 0.550. The van der Waals surface area contributed by atoms with Crippen molar-refractivity contribution in [2.24, 2.45) is 5.73 Å². The molecule has 5 nitrogen and oxygen atoms in total. The number of hydrogen-bond donors (Lipinski definition) is 2. The van der Waals surface area contributed by atoms with Crippen LogP contribution in [0.4, 0.5) is 4.39 Å². The first-order valence-electron chi connectivity index (χ1n) is 6.33. The second kappa shape index (κ2) is 6.68. The van der Waals surface area contributed by atoms with Crippen molar-refractivity contribution in [1.29, 1.82) is 0 Å². The average molecular weight is 286 g/mol. The molecule has 108 valence electrons. The Hall–Kier alpha value is -2.65. The third-order valence-corrected chi connectivity index (χ3v) is 2.85. The molecule has 1 aromatic carbocycles. The van der Waals surface area contributed by atoms with E-state index in [1.54, 1.807) is 19.4 Å². The van der Waals surface area contributed by atoms with Crippen LogP contribution in [0.2, 0.25) is 0 Å². The summed E-state index contributed by atoms with van der Waals surface area (Å²) in [7, 11) is 1.60. The molecule has 0 saturated heterocycles. The van der Waals surface area contributed by atoms with Crippen molar-refractivity contribution >= 4 is 5.91 Å². The van der Waals surface area contributed by atoms with Gasteiger partial charge in [-0.15, -0.1) is 0 Å². The van der Waals surface area contributed by atoms with E-state index in [-0.39, 0.29) is 12.1 Å². The van der Waals surface area contributed by atoms with Crippen LogP contribution in [-0.2, 0) is 6.54 Å². The largest absolute Gasteiger partial charge is 0.337 e. The van der Waals surface area contributed by atoms with Crippen LogP contribution in [0, 0.1) is 17.7 Å². The molecule has 1 heterocycles. The Bertz CT molecular complexity index is 685. The molecule has 6 heteroatoms. The Kier molecular flexibility index (Phi) is 4.69. The zero-order valence-electron chi connectivity index (χ0n) is 11.6. The second-order valence-corrected chi connectivity index (χ2v) is 4.47. The number of hydrogen-bond acceptors (Lipinski definition) is 3. The van der Waals surface area contributed by atoms with E-state index in [9.17, 15) is 9.18 Å². The van der Waals surface area contributed by atoms with Gasteiger partial charge in [0.05, 0.1) is 18.3 Å². The Morgan fingerprint density at radius 1 is 1.52 bits per heavy atom. The van der Waals surface area contributed by atoms with Gasteiger partial charge in [0.2, 0.25) is 0 Å². The number of aromatic amines is 1. The maximum Gasteiger partial charge on any atom is 0.256 e. The standard InChI is InChI=1S/C15H15FN4O/c1-20(10-12-8-18-19-9-12)15(21)13-7-11(3-2-6-17)4-5-14(13)16/h4-5,7-9H,6,10,17H2,1H3,(H,18,19). The Balaban J connectivity index is 2.21. The molecule has 1 aromatic heterocycles. The second-order valence-electron chi connectivity index (χ2n) is 4.47. The molecule has 0 bridgehead atoms. The van der Waals surface area contributed by atoms with Gasteiger partial charge in [-0.1, -0.05) is 11.8 Å². The molecule has 0 aliphatic heterocycles. The SMILES string of the molecule is CN(Cc1cn[nH]c1)C(=O)c1cc(C#CCN)ccc1F. The number of carbonyl (C=O) groups excluding carboxylic acids is 1. The number of nitrogens with two attached hydrogens (primary N) is 1. The number of nitrogens with one attached hydrogen (secondary N) is 1.